The predicted octanol–water partition coefficient (Wildman–Crippen LogP) is 2.30. The second kappa shape index (κ2) is 7.77. The molecule has 0 aliphatic carbocycles. The van der Waals surface area contributed by atoms with E-state index in [1.165, 1.54) is 18.9 Å². The Morgan fingerprint density at radius 1 is 1.58 bits per heavy atom. The molecular formula is C13H18BrNO3S. The minimum absolute atomic E-state index is 0.0228. The number of carbonyl (C=O) groups excluding carboxylic acids is 1. The van der Waals surface area contributed by atoms with Gasteiger partial charge < -0.3 is 15.2 Å². The van der Waals surface area contributed by atoms with Gasteiger partial charge in [-0.2, -0.15) is 11.8 Å². The van der Waals surface area contributed by atoms with E-state index < -0.39 is 0 Å². The Bertz CT molecular complexity index is 438. The van der Waals surface area contributed by atoms with Gasteiger partial charge >= 0.3 is 0 Å². The zero-order valence-electron chi connectivity index (χ0n) is 11.1. The van der Waals surface area contributed by atoms with Crippen molar-refractivity contribution in [2.24, 2.45) is 0 Å². The molecule has 0 spiro atoms. The third-order valence-electron chi connectivity index (χ3n) is 2.81. The second-order valence-electron chi connectivity index (χ2n) is 4.06. The topological polar surface area (TPSA) is 58.6 Å². The highest BCUT2D eigenvalue weighted by atomic mass is 79.9. The Labute approximate surface area is 126 Å². The summed E-state index contributed by atoms with van der Waals surface area (Å²) in [4.78, 5) is 12.2. The number of benzene rings is 1. The summed E-state index contributed by atoms with van der Waals surface area (Å²) in [6.07, 6.45) is 1.91. The molecule has 0 aromatic heterocycles. The van der Waals surface area contributed by atoms with Crippen LogP contribution in [0, 0.1) is 0 Å². The van der Waals surface area contributed by atoms with Crippen LogP contribution < -0.4 is 10.1 Å². The highest BCUT2D eigenvalue weighted by molar-refractivity contribution is 9.10. The van der Waals surface area contributed by atoms with Gasteiger partial charge in [0.2, 0.25) is 0 Å². The lowest BCUT2D eigenvalue weighted by molar-refractivity contribution is 0.0933. The minimum atomic E-state index is -0.204. The molecule has 1 aromatic rings. The average molecular weight is 348 g/mol. The Morgan fingerprint density at radius 2 is 2.26 bits per heavy atom. The molecule has 0 saturated carbocycles. The van der Waals surface area contributed by atoms with Crippen LogP contribution in [0.25, 0.3) is 0 Å². The maximum atomic E-state index is 12.2. The Balaban J connectivity index is 2.83. The number of rotatable bonds is 6. The lowest BCUT2D eigenvalue weighted by atomic mass is 10.1. The van der Waals surface area contributed by atoms with Crippen LogP contribution in [0.15, 0.2) is 22.7 Å². The van der Waals surface area contributed by atoms with Crippen LogP contribution in [0.2, 0.25) is 0 Å². The molecular weight excluding hydrogens is 330 g/mol. The standard InChI is InChI=1S/C13H18BrNO3S/c1-8(12(7-16)19-3)15-13(17)10-5-4-9(14)6-11(10)18-2/h4-6,8,12,16H,7H2,1-3H3,(H,15,17). The Hall–Kier alpha value is -0.720. The first kappa shape index (κ1) is 16.3. The van der Waals surface area contributed by atoms with Gasteiger partial charge in [0, 0.05) is 15.8 Å². The van der Waals surface area contributed by atoms with Gasteiger partial charge in [-0.25, -0.2) is 0 Å². The first-order chi connectivity index (χ1) is 9.03. The summed E-state index contributed by atoms with van der Waals surface area (Å²) in [7, 11) is 1.53. The smallest absolute Gasteiger partial charge is 0.255 e. The van der Waals surface area contributed by atoms with E-state index >= 15 is 0 Å². The van der Waals surface area contributed by atoms with E-state index in [1.807, 2.05) is 13.2 Å². The Morgan fingerprint density at radius 3 is 2.79 bits per heavy atom. The van der Waals surface area contributed by atoms with Crippen molar-refractivity contribution in [1.29, 1.82) is 0 Å². The number of halogens is 1. The van der Waals surface area contributed by atoms with Gasteiger partial charge in [0.1, 0.15) is 5.75 Å². The van der Waals surface area contributed by atoms with E-state index in [-0.39, 0.29) is 23.8 Å². The Kier molecular flexibility index (Phi) is 6.68. The zero-order chi connectivity index (χ0) is 14.4. The first-order valence-corrected chi connectivity index (χ1v) is 7.89. The van der Waals surface area contributed by atoms with Crippen molar-refractivity contribution in [3.05, 3.63) is 28.2 Å². The van der Waals surface area contributed by atoms with E-state index in [1.54, 1.807) is 18.2 Å². The van der Waals surface area contributed by atoms with Crippen molar-refractivity contribution in [3.63, 3.8) is 0 Å². The molecule has 19 heavy (non-hydrogen) atoms. The van der Waals surface area contributed by atoms with Gasteiger partial charge in [0.25, 0.3) is 5.91 Å². The number of hydrogen-bond donors (Lipinski definition) is 2. The fraction of sp³-hybridized carbons (Fsp3) is 0.462. The van der Waals surface area contributed by atoms with Crippen LogP contribution >= 0.6 is 27.7 Å². The molecule has 106 valence electrons. The summed E-state index contributed by atoms with van der Waals surface area (Å²) in [5, 5.41) is 12.1. The minimum Gasteiger partial charge on any atom is -0.496 e. The molecule has 1 rings (SSSR count). The number of thioether (sulfide) groups is 1. The van der Waals surface area contributed by atoms with Crippen molar-refractivity contribution in [2.75, 3.05) is 20.0 Å². The lowest BCUT2D eigenvalue weighted by Crippen LogP contribution is -2.41. The second-order valence-corrected chi connectivity index (χ2v) is 6.06. The molecule has 0 heterocycles. The third kappa shape index (κ3) is 4.40. The van der Waals surface area contributed by atoms with Crippen LogP contribution in [0.5, 0.6) is 5.75 Å². The van der Waals surface area contributed by atoms with Crippen LogP contribution in [0.1, 0.15) is 17.3 Å². The maximum Gasteiger partial charge on any atom is 0.255 e. The van der Waals surface area contributed by atoms with Gasteiger partial charge in [0.05, 0.1) is 19.3 Å². The van der Waals surface area contributed by atoms with Gasteiger partial charge in [-0.3, -0.25) is 4.79 Å². The number of aliphatic hydroxyl groups excluding tert-OH is 1. The van der Waals surface area contributed by atoms with Crippen molar-refractivity contribution < 1.29 is 14.6 Å². The van der Waals surface area contributed by atoms with Crippen molar-refractivity contribution >= 4 is 33.6 Å². The normalized spacial score (nSPS) is 13.7. The summed E-state index contributed by atoms with van der Waals surface area (Å²) in [5.74, 6) is 0.313. The van der Waals surface area contributed by atoms with E-state index in [9.17, 15) is 9.90 Å². The number of hydrogen-bond acceptors (Lipinski definition) is 4. The summed E-state index contributed by atoms with van der Waals surface area (Å²) in [6.45, 7) is 1.90. The third-order valence-corrected chi connectivity index (χ3v) is 4.46. The van der Waals surface area contributed by atoms with Gasteiger partial charge in [-0.1, -0.05) is 15.9 Å². The highest BCUT2D eigenvalue weighted by Crippen LogP contribution is 2.23. The average Bonchev–Trinajstić information content (AvgIpc) is 2.39. The van der Waals surface area contributed by atoms with Crippen molar-refractivity contribution in [3.8, 4) is 5.75 Å². The molecule has 1 aromatic carbocycles. The largest absolute Gasteiger partial charge is 0.496 e. The van der Waals surface area contributed by atoms with Crippen molar-refractivity contribution in [1.82, 2.24) is 5.32 Å². The van der Waals surface area contributed by atoms with E-state index in [0.29, 0.717) is 11.3 Å². The number of aliphatic hydroxyl groups is 1. The molecule has 0 aliphatic rings. The van der Waals surface area contributed by atoms with E-state index in [0.717, 1.165) is 4.47 Å². The molecule has 0 radical (unpaired) electrons. The molecule has 0 fully saturated rings. The van der Waals surface area contributed by atoms with Crippen LogP contribution in [0.4, 0.5) is 0 Å². The fourth-order valence-corrected chi connectivity index (χ4v) is 2.63. The number of amides is 1. The first-order valence-electron chi connectivity index (χ1n) is 5.81. The molecule has 0 bridgehead atoms. The number of carbonyl (C=O) groups is 1. The number of nitrogens with one attached hydrogen (secondary N) is 1. The van der Waals surface area contributed by atoms with Gasteiger partial charge in [-0.05, 0) is 31.4 Å². The molecule has 1 amide bonds. The number of methoxy groups -OCH3 is 1. The number of ether oxygens (including phenoxy) is 1. The summed E-state index contributed by atoms with van der Waals surface area (Å²) >= 11 is 4.86. The van der Waals surface area contributed by atoms with E-state index in [4.69, 9.17) is 4.74 Å². The molecule has 2 atom stereocenters. The monoisotopic (exact) mass is 347 g/mol. The SMILES string of the molecule is COc1cc(Br)ccc1C(=O)NC(C)C(CO)SC. The molecule has 6 heteroatoms. The quantitative estimate of drug-likeness (QED) is 0.828. The zero-order valence-corrected chi connectivity index (χ0v) is 13.5. The van der Waals surface area contributed by atoms with Gasteiger partial charge in [0.15, 0.2) is 0 Å². The fourth-order valence-electron chi connectivity index (χ4n) is 1.67. The van der Waals surface area contributed by atoms with E-state index in [2.05, 4.69) is 21.2 Å². The lowest BCUT2D eigenvalue weighted by Gasteiger charge is -2.21. The maximum absolute atomic E-state index is 12.2. The molecule has 2 unspecified atom stereocenters. The highest BCUT2D eigenvalue weighted by Gasteiger charge is 2.20. The van der Waals surface area contributed by atoms with Crippen LogP contribution in [-0.2, 0) is 0 Å². The molecule has 2 N–H and O–H groups in total. The van der Waals surface area contributed by atoms with Gasteiger partial charge in [-0.15, -0.1) is 0 Å². The predicted molar refractivity (Wildman–Crippen MR) is 82.0 cm³/mol. The summed E-state index contributed by atoms with van der Waals surface area (Å²) in [5.41, 5.74) is 0.482. The van der Waals surface area contributed by atoms with Crippen molar-refractivity contribution in [2.45, 2.75) is 18.2 Å². The van der Waals surface area contributed by atoms with Crippen LogP contribution in [-0.4, -0.2) is 42.3 Å². The summed E-state index contributed by atoms with van der Waals surface area (Å²) < 4.78 is 6.05. The van der Waals surface area contributed by atoms with Crippen LogP contribution in [0.3, 0.4) is 0 Å². The molecule has 0 aliphatic heterocycles. The molecule has 4 nitrogen and oxygen atoms in total. The summed E-state index contributed by atoms with van der Waals surface area (Å²) in [6, 6.07) is 5.12. The molecule has 0 saturated heterocycles.